The van der Waals surface area contributed by atoms with E-state index in [2.05, 4.69) is 4.98 Å². The van der Waals surface area contributed by atoms with Crippen LogP contribution in [0.5, 0.6) is 0 Å². The average Bonchev–Trinajstić information content (AvgIpc) is 2.66. The van der Waals surface area contributed by atoms with Crippen molar-refractivity contribution in [2.45, 2.75) is 16.2 Å². The Hall–Kier alpha value is -1.53. The van der Waals surface area contributed by atoms with Crippen molar-refractivity contribution in [1.82, 2.24) is 4.98 Å². The van der Waals surface area contributed by atoms with Crippen LogP contribution in [0.25, 0.3) is 0 Å². The monoisotopic (exact) mass is 265 g/mol. The fraction of sp³-hybridized carbons (Fsp3) is 0.0909. The SMILES string of the molecule is Cc1csc(Sc2ccc(N)cc2C(N)=O)n1. The Kier molecular flexibility index (Phi) is 3.35. The molecule has 1 aromatic carbocycles. The summed E-state index contributed by atoms with van der Waals surface area (Å²) in [5, 5.41) is 1.96. The summed E-state index contributed by atoms with van der Waals surface area (Å²) in [5.41, 5.74) is 12.9. The summed E-state index contributed by atoms with van der Waals surface area (Å²) in [6.45, 7) is 1.93. The smallest absolute Gasteiger partial charge is 0.249 e. The molecule has 4 N–H and O–H groups in total. The van der Waals surface area contributed by atoms with E-state index < -0.39 is 5.91 Å². The first-order chi connectivity index (χ1) is 8.06. The molecular formula is C11H11N3OS2. The van der Waals surface area contributed by atoms with Crippen LogP contribution >= 0.6 is 23.1 Å². The molecule has 0 unspecified atom stereocenters. The number of hydrogen-bond acceptors (Lipinski definition) is 5. The standard InChI is InChI=1S/C11H11N3OS2/c1-6-5-16-11(14-6)17-9-3-2-7(12)4-8(9)10(13)15/h2-5H,12H2,1H3,(H2,13,15). The van der Waals surface area contributed by atoms with Crippen LogP contribution in [-0.4, -0.2) is 10.9 Å². The van der Waals surface area contributed by atoms with E-state index in [0.29, 0.717) is 11.3 Å². The third-order valence-corrected chi connectivity index (χ3v) is 4.20. The maximum absolute atomic E-state index is 11.3. The predicted octanol–water partition coefficient (Wildman–Crippen LogP) is 2.28. The van der Waals surface area contributed by atoms with Gasteiger partial charge in [0.1, 0.15) is 0 Å². The molecule has 0 radical (unpaired) electrons. The third-order valence-electron chi connectivity index (χ3n) is 2.06. The first kappa shape index (κ1) is 11.9. The highest BCUT2D eigenvalue weighted by Gasteiger charge is 2.11. The van der Waals surface area contributed by atoms with Gasteiger partial charge in [-0.2, -0.15) is 0 Å². The van der Waals surface area contributed by atoms with Crippen LogP contribution in [-0.2, 0) is 0 Å². The molecule has 2 rings (SSSR count). The van der Waals surface area contributed by atoms with Gasteiger partial charge in [-0.15, -0.1) is 11.3 Å². The molecule has 6 heteroatoms. The van der Waals surface area contributed by atoms with Crippen molar-refractivity contribution in [1.29, 1.82) is 0 Å². The molecule has 4 nitrogen and oxygen atoms in total. The number of aromatic nitrogens is 1. The molecular weight excluding hydrogens is 254 g/mol. The second kappa shape index (κ2) is 4.77. The Balaban J connectivity index is 2.35. The maximum atomic E-state index is 11.3. The summed E-state index contributed by atoms with van der Waals surface area (Å²) < 4.78 is 0.884. The largest absolute Gasteiger partial charge is 0.399 e. The zero-order valence-corrected chi connectivity index (χ0v) is 10.8. The van der Waals surface area contributed by atoms with Crippen molar-refractivity contribution in [3.05, 3.63) is 34.8 Å². The van der Waals surface area contributed by atoms with Crippen LogP contribution in [0.1, 0.15) is 16.1 Å². The van der Waals surface area contributed by atoms with Gasteiger partial charge >= 0.3 is 0 Å². The topological polar surface area (TPSA) is 82.0 Å². The van der Waals surface area contributed by atoms with E-state index in [9.17, 15) is 4.79 Å². The van der Waals surface area contributed by atoms with Crippen LogP contribution in [0.2, 0.25) is 0 Å². The van der Waals surface area contributed by atoms with E-state index in [1.54, 1.807) is 18.2 Å². The minimum Gasteiger partial charge on any atom is -0.399 e. The number of nitrogens with zero attached hydrogens (tertiary/aromatic N) is 1. The molecule has 0 aliphatic carbocycles. The molecule has 17 heavy (non-hydrogen) atoms. The van der Waals surface area contributed by atoms with Crippen molar-refractivity contribution in [2.75, 3.05) is 5.73 Å². The number of amides is 1. The number of primary amides is 1. The van der Waals surface area contributed by atoms with Gasteiger partial charge in [-0.25, -0.2) is 4.98 Å². The van der Waals surface area contributed by atoms with Gasteiger partial charge in [0.2, 0.25) is 5.91 Å². The van der Waals surface area contributed by atoms with Crippen LogP contribution in [0.3, 0.4) is 0 Å². The number of nitrogen functional groups attached to an aromatic ring is 1. The number of anilines is 1. The molecule has 0 fully saturated rings. The fourth-order valence-corrected chi connectivity index (χ4v) is 3.21. The highest BCUT2D eigenvalue weighted by atomic mass is 32.2. The van der Waals surface area contributed by atoms with E-state index >= 15 is 0 Å². The number of rotatable bonds is 3. The normalized spacial score (nSPS) is 10.4. The van der Waals surface area contributed by atoms with Gasteiger partial charge in [0.25, 0.3) is 0 Å². The first-order valence-electron chi connectivity index (χ1n) is 4.85. The number of nitrogens with two attached hydrogens (primary N) is 2. The minimum absolute atomic E-state index is 0.433. The molecule has 1 aromatic heterocycles. The molecule has 0 aliphatic heterocycles. The van der Waals surface area contributed by atoms with E-state index in [-0.39, 0.29) is 0 Å². The Labute approximate surface area is 107 Å². The number of benzene rings is 1. The van der Waals surface area contributed by atoms with Gasteiger partial charge in [-0.05, 0) is 25.1 Å². The summed E-state index contributed by atoms with van der Waals surface area (Å²) in [6.07, 6.45) is 0. The quantitative estimate of drug-likeness (QED) is 0.834. The molecule has 88 valence electrons. The number of carbonyl (C=O) groups excluding carboxylic acids is 1. The highest BCUT2D eigenvalue weighted by molar-refractivity contribution is 8.01. The Morgan fingerprint density at radius 2 is 2.24 bits per heavy atom. The van der Waals surface area contributed by atoms with Gasteiger partial charge in [0.05, 0.1) is 5.56 Å². The van der Waals surface area contributed by atoms with E-state index in [0.717, 1.165) is 14.9 Å². The molecule has 1 amide bonds. The van der Waals surface area contributed by atoms with Crippen molar-refractivity contribution in [3.8, 4) is 0 Å². The van der Waals surface area contributed by atoms with Crippen LogP contribution in [0, 0.1) is 6.92 Å². The van der Waals surface area contributed by atoms with E-state index in [4.69, 9.17) is 11.5 Å². The lowest BCUT2D eigenvalue weighted by Gasteiger charge is -2.05. The van der Waals surface area contributed by atoms with Crippen LogP contribution < -0.4 is 11.5 Å². The molecule has 0 saturated carbocycles. The Morgan fingerprint density at radius 1 is 1.47 bits per heavy atom. The van der Waals surface area contributed by atoms with Crippen molar-refractivity contribution < 1.29 is 4.79 Å². The Morgan fingerprint density at radius 3 is 2.82 bits per heavy atom. The second-order valence-corrected chi connectivity index (χ2v) is 5.62. The molecule has 0 atom stereocenters. The molecule has 0 aliphatic rings. The lowest BCUT2D eigenvalue weighted by molar-refractivity contribution is 0.0997. The zero-order valence-electron chi connectivity index (χ0n) is 9.14. The lowest BCUT2D eigenvalue weighted by Crippen LogP contribution is -2.12. The van der Waals surface area contributed by atoms with E-state index in [1.807, 2.05) is 12.3 Å². The molecule has 0 saturated heterocycles. The predicted molar refractivity (Wildman–Crippen MR) is 70.3 cm³/mol. The Bertz CT molecular complexity index is 566. The number of aryl methyl sites for hydroxylation is 1. The fourth-order valence-electron chi connectivity index (χ4n) is 1.30. The molecule has 0 bridgehead atoms. The lowest BCUT2D eigenvalue weighted by atomic mass is 10.2. The van der Waals surface area contributed by atoms with Crippen LogP contribution in [0.4, 0.5) is 5.69 Å². The van der Waals surface area contributed by atoms with Crippen molar-refractivity contribution in [3.63, 3.8) is 0 Å². The van der Waals surface area contributed by atoms with Gasteiger partial charge in [0.15, 0.2) is 4.34 Å². The summed E-state index contributed by atoms with van der Waals surface area (Å²) >= 11 is 2.96. The minimum atomic E-state index is -0.479. The molecule has 1 heterocycles. The summed E-state index contributed by atoms with van der Waals surface area (Å²) in [6, 6.07) is 5.12. The number of carbonyl (C=O) groups is 1. The number of hydrogen-bond donors (Lipinski definition) is 2. The van der Waals surface area contributed by atoms with Crippen molar-refractivity contribution >= 4 is 34.7 Å². The van der Waals surface area contributed by atoms with E-state index in [1.165, 1.54) is 23.1 Å². The van der Waals surface area contributed by atoms with Crippen LogP contribution in [0.15, 0.2) is 32.8 Å². The molecule has 2 aromatic rings. The number of thiazole rings is 1. The average molecular weight is 265 g/mol. The van der Waals surface area contributed by atoms with Crippen molar-refractivity contribution in [2.24, 2.45) is 5.73 Å². The third kappa shape index (κ3) is 2.78. The van der Waals surface area contributed by atoms with Gasteiger partial charge in [-0.1, -0.05) is 11.8 Å². The maximum Gasteiger partial charge on any atom is 0.249 e. The highest BCUT2D eigenvalue weighted by Crippen LogP contribution is 2.33. The summed E-state index contributed by atoms with van der Waals surface area (Å²) in [5.74, 6) is -0.479. The summed E-state index contributed by atoms with van der Waals surface area (Å²) in [4.78, 5) is 16.4. The van der Waals surface area contributed by atoms with Gasteiger partial charge < -0.3 is 11.5 Å². The molecule has 0 spiro atoms. The second-order valence-electron chi connectivity index (χ2n) is 3.48. The van der Waals surface area contributed by atoms with Gasteiger partial charge in [-0.3, -0.25) is 4.79 Å². The zero-order chi connectivity index (χ0) is 12.4. The van der Waals surface area contributed by atoms with Gasteiger partial charge in [0, 0.05) is 21.7 Å². The first-order valence-corrected chi connectivity index (χ1v) is 6.55. The summed E-state index contributed by atoms with van der Waals surface area (Å²) in [7, 11) is 0.